The maximum Gasteiger partial charge on any atom is 0.416 e. The Bertz CT molecular complexity index is 714. The molecule has 0 bridgehead atoms. The average molecular weight is 322 g/mol. The van der Waals surface area contributed by atoms with E-state index in [9.17, 15) is 18.0 Å². The van der Waals surface area contributed by atoms with Gasteiger partial charge in [-0.15, -0.1) is 0 Å². The number of ether oxygens (including phenoxy) is 1. The Morgan fingerprint density at radius 3 is 2.70 bits per heavy atom. The second-order valence-corrected chi connectivity index (χ2v) is 5.20. The lowest BCUT2D eigenvalue weighted by Crippen LogP contribution is -2.30. The van der Waals surface area contributed by atoms with Crippen LogP contribution in [0.5, 0.6) is 5.88 Å². The predicted molar refractivity (Wildman–Crippen MR) is 75.8 cm³/mol. The molecule has 1 N–H and O–H groups in total. The van der Waals surface area contributed by atoms with Gasteiger partial charge >= 0.3 is 6.18 Å². The summed E-state index contributed by atoms with van der Waals surface area (Å²) in [6.07, 6.45) is -2.77. The van der Waals surface area contributed by atoms with E-state index >= 15 is 0 Å². The molecule has 1 amide bonds. The molecule has 120 valence electrons. The SMILES string of the molecule is O=C(Cc1ccc(C(F)(F)F)cc1)NC1COc2ncccc21. The topological polar surface area (TPSA) is 51.2 Å². The van der Waals surface area contributed by atoms with Crippen LogP contribution in [0.1, 0.15) is 22.7 Å². The Morgan fingerprint density at radius 2 is 2.00 bits per heavy atom. The summed E-state index contributed by atoms with van der Waals surface area (Å²) in [5.41, 5.74) is 0.583. The molecule has 1 aromatic heterocycles. The standard InChI is InChI=1S/C16H13F3N2O2/c17-16(18,19)11-5-3-10(4-6-11)8-14(22)21-13-9-23-15-12(13)2-1-7-20-15/h1-7,13H,8-9H2,(H,21,22). The van der Waals surface area contributed by atoms with Crippen molar-refractivity contribution in [1.82, 2.24) is 10.3 Å². The van der Waals surface area contributed by atoms with E-state index in [1.165, 1.54) is 12.1 Å². The van der Waals surface area contributed by atoms with E-state index in [1.54, 1.807) is 12.3 Å². The lowest BCUT2D eigenvalue weighted by atomic mass is 10.1. The van der Waals surface area contributed by atoms with Gasteiger partial charge in [-0.3, -0.25) is 4.79 Å². The molecule has 1 atom stereocenters. The Balaban J connectivity index is 1.62. The highest BCUT2D eigenvalue weighted by Gasteiger charge is 2.30. The maximum atomic E-state index is 12.5. The number of nitrogens with one attached hydrogen (secondary N) is 1. The zero-order valence-electron chi connectivity index (χ0n) is 11.9. The van der Waals surface area contributed by atoms with Gasteiger partial charge in [0, 0.05) is 11.8 Å². The fourth-order valence-corrected chi connectivity index (χ4v) is 2.40. The van der Waals surface area contributed by atoms with Crippen molar-refractivity contribution < 1.29 is 22.7 Å². The van der Waals surface area contributed by atoms with Crippen molar-refractivity contribution in [3.63, 3.8) is 0 Å². The fraction of sp³-hybridized carbons (Fsp3) is 0.250. The van der Waals surface area contributed by atoms with Crippen molar-refractivity contribution in [2.45, 2.75) is 18.6 Å². The van der Waals surface area contributed by atoms with E-state index in [2.05, 4.69) is 10.3 Å². The number of carbonyl (C=O) groups excluding carboxylic acids is 1. The van der Waals surface area contributed by atoms with Crippen molar-refractivity contribution >= 4 is 5.91 Å². The highest BCUT2D eigenvalue weighted by molar-refractivity contribution is 5.79. The van der Waals surface area contributed by atoms with Gasteiger partial charge in [-0.2, -0.15) is 13.2 Å². The number of fused-ring (bicyclic) bond motifs is 1. The first-order valence-corrected chi connectivity index (χ1v) is 6.97. The molecule has 0 radical (unpaired) electrons. The van der Waals surface area contributed by atoms with Crippen LogP contribution in [0.15, 0.2) is 42.6 Å². The van der Waals surface area contributed by atoms with Gasteiger partial charge in [0.1, 0.15) is 6.61 Å². The van der Waals surface area contributed by atoms with Gasteiger partial charge in [0.25, 0.3) is 0 Å². The summed E-state index contributed by atoms with van der Waals surface area (Å²) in [5.74, 6) is 0.211. The molecule has 1 aliphatic heterocycles. The van der Waals surface area contributed by atoms with Crippen molar-refractivity contribution in [2.75, 3.05) is 6.61 Å². The van der Waals surface area contributed by atoms with Crippen LogP contribution in [0.25, 0.3) is 0 Å². The summed E-state index contributed by atoms with van der Waals surface area (Å²) in [6, 6.07) is 7.84. The van der Waals surface area contributed by atoms with Gasteiger partial charge in [0.05, 0.1) is 18.0 Å². The summed E-state index contributed by atoms with van der Waals surface area (Å²) in [5, 5.41) is 2.80. The molecule has 0 saturated carbocycles. The van der Waals surface area contributed by atoms with Gasteiger partial charge < -0.3 is 10.1 Å². The van der Waals surface area contributed by atoms with E-state index in [0.717, 1.165) is 17.7 Å². The van der Waals surface area contributed by atoms with E-state index in [1.807, 2.05) is 6.07 Å². The molecule has 1 unspecified atom stereocenters. The first-order chi connectivity index (χ1) is 10.9. The lowest BCUT2D eigenvalue weighted by molar-refractivity contribution is -0.137. The van der Waals surface area contributed by atoms with E-state index in [4.69, 9.17) is 4.74 Å². The van der Waals surface area contributed by atoms with Gasteiger partial charge in [0.15, 0.2) is 0 Å². The Labute approximate surface area is 130 Å². The summed E-state index contributed by atoms with van der Waals surface area (Å²) in [7, 11) is 0. The minimum Gasteiger partial charge on any atom is -0.475 e. The number of amides is 1. The van der Waals surface area contributed by atoms with Crippen molar-refractivity contribution in [3.05, 3.63) is 59.3 Å². The zero-order chi connectivity index (χ0) is 16.4. The number of aromatic nitrogens is 1. The van der Waals surface area contributed by atoms with Crippen LogP contribution in [0.2, 0.25) is 0 Å². The molecular formula is C16H13F3N2O2. The smallest absolute Gasteiger partial charge is 0.416 e. The summed E-state index contributed by atoms with van der Waals surface area (Å²) in [6.45, 7) is 0.297. The molecule has 3 rings (SSSR count). The van der Waals surface area contributed by atoms with Crippen LogP contribution in [-0.2, 0) is 17.4 Å². The van der Waals surface area contributed by atoms with E-state index in [0.29, 0.717) is 18.1 Å². The second-order valence-electron chi connectivity index (χ2n) is 5.20. The number of halogens is 3. The van der Waals surface area contributed by atoms with Gasteiger partial charge in [-0.05, 0) is 29.8 Å². The third-order valence-corrected chi connectivity index (χ3v) is 3.54. The van der Waals surface area contributed by atoms with Crippen molar-refractivity contribution in [2.24, 2.45) is 0 Å². The molecule has 1 aliphatic rings. The molecule has 2 heterocycles. The second kappa shape index (κ2) is 5.91. The van der Waals surface area contributed by atoms with Gasteiger partial charge in [0.2, 0.25) is 11.8 Å². The Morgan fingerprint density at radius 1 is 1.26 bits per heavy atom. The minimum atomic E-state index is -4.38. The third kappa shape index (κ3) is 3.44. The number of carbonyl (C=O) groups is 1. The van der Waals surface area contributed by atoms with Crippen LogP contribution >= 0.6 is 0 Å². The molecule has 7 heteroatoms. The Kier molecular flexibility index (Phi) is 3.94. The molecule has 4 nitrogen and oxygen atoms in total. The summed E-state index contributed by atoms with van der Waals surface area (Å²) >= 11 is 0. The van der Waals surface area contributed by atoms with Gasteiger partial charge in [-0.25, -0.2) is 4.98 Å². The number of pyridine rings is 1. The van der Waals surface area contributed by atoms with E-state index in [-0.39, 0.29) is 18.4 Å². The van der Waals surface area contributed by atoms with Crippen LogP contribution in [0, 0.1) is 0 Å². The predicted octanol–water partition coefficient (Wildman–Crippen LogP) is 2.89. The largest absolute Gasteiger partial charge is 0.475 e. The van der Waals surface area contributed by atoms with Crippen LogP contribution in [0.4, 0.5) is 13.2 Å². The normalized spacial score (nSPS) is 16.6. The monoisotopic (exact) mass is 322 g/mol. The van der Waals surface area contributed by atoms with Crippen LogP contribution < -0.4 is 10.1 Å². The quantitative estimate of drug-likeness (QED) is 0.945. The summed E-state index contributed by atoms with van der Waals surface area (Å²) in [4.78, 5) is 16.1. The number of hydrogen-bond donors (Lipinski definition) is 1. The zero-order valence-corrected chi connectivity index (χ0v) is 11.9. The molecule has 0 fully saturated rings. The van der Waals surface area contributed by atoms with Crippen LogP contribution in [-0.4, -0.2) is 17.5 Å². The molecule has 1 aromatic carbocycles. The summed E-state index contributed by atoms with van der Waals surface area (Å²) < 4.78 is 42.8. The molecule has 0 spiro atoms. The fourth-order valence-electron chi connectivity index (χ4n) is 2.40. The lowest BCUT2D eigenvalue weighted by Gasteiger charge is -2.12. The number of benzene rings is 1. The molecular weight excluding hydrogens is 309 g/mol. The van der Waals surface area contributed by atoms with Crippen LogP contribution in [0.3, 0.4) is 0 Å². The molecule has 23 heavy (non-hydrogen) atoms. The maximum absolute atomic E-state index is 12.5. The number of nitrogens with zero attached hydrogens (tertiary/aromatic N) is 1. The first kappa shape index (κ1) is 15.3. The molecule has 0 saturated heterocycles. The number of hydrogen-bond acceptors (Lipinski definition) is 3. The Hall–Kier alpha value is -2.57. The van der Waals surface area contributed by atoms with Crippen molar-refractivity contribution in [3.8, 4) is 5.88 Å². The minimum absolute atomic E-state index is 0.00420. The molecule has 2 aromatic rings. The number of alkyl halides is 3. The average Bonchev–Trinajstić information content (AvgIpc) is 2.90. The number of rotatable bonds is 3. The highest BCUT2D eigenvalue weighted by atomic mass is 19.4. The highest BCUT2D eigenvalue weighted by Crippen LogP contribution is 2.30. The molecule has 0 aliphatic carbocycles. The van der Waals surface area contributed by atoms with Crippen molar-refractivity contribution in [1.29, 1.82) is 0 Å². The third-order valence-electron chi connectivity index (χ3n) is 3.54. The first-order valence-electron chi connectivity index (χ1n) is 6.97. The van der Waals surface area contributed by atoms with Gasteiger partial charge in [-0.1, -0.05) is 12.1 Å². The van der Waals surface area contributed by atoms with E-state index < -0.39 is 11.7 Å².